The molecular weight excluding hydrogens is 228 g/mol. The molecule has 0 rings (SSSR count). The van der Waals surface area contributed by atoms with Crippen LogP contribution in [-0.2, 0) is 9.68 Å². The highest BCUT2D eigenvalue weighted by atomic mass is 31.0. The van der Waals surface area contributed by atoms with Crippen LogP contribution in [0.25, 0.3) is 0 Å². The van der Waals surface area contributed by atoms with Gasteiger partial charge in [0.25, 0.3) is 0 Å². The second-order valence-corrected chi connectivity index (χ2v) is 4.46. The van der Waals surface area contributed by atoms with Crippen LogP contribution in [0.1, 0.15) is 32.6 Å². The molecule has 92 valence electrons. The van der Waals surface area contributed by atoms with Gasteiger partial charge in [-0.2, -0.15) is 0 Å². The highest BCUT2D eigenvalue weighted by Gasteiger charge is 2.01. The van der Waals surface area contributed by atoms with E-state index in [1.807, 2.05) is 6.92 Å². The van der Waals surface area contributed by atoms with Gasteiger partial charge in [-0.25, -0.2) is 0 Å². The van der Waals surface area contributed by atoms with Crippen molar-refractivity contribution in [3.63, 3.8) is 0 Å². The molecule has 0 N–H and O–H groups in total. The van der Waals surface area contributed by atoms with Gasteiger partial charge in [0.05, 0.1) is 13.2 Å². The minimum absolute atomic E-state index is 0.756. The first-order chi connectivity index (χ1) is 7.35. The van der Waals surface area contributed by atoms with Gasteiger partial charge in [0.15, 0.2) is 0 Å². The molecule has 0 aliphatic carbocycles. The monoisotopic (exact) mass is 253 g/mol. The number of hydroxylamine groups is 2. The van der Waals surface area contributed by atoms with Gasteiger partial charge in [0.1, 0.15) is 0 Å². The molecule has 0 heterocycles. The molecule has 3 nitrogen and oxygen atoms in total. The zero-order valence-electron chi connectivity index (χ0n) is 9.78. The standard InChI is InChI=1S/C10H25NO2P2/c1-2-11(12-7-3-5-9-14)13-8-4-6-10-15/h2-10,14-15H2,1H3. The maximum Gasteiger partial charge on any atom is 0.0711 e. The summed E-state index contributed by atoms with van der Waals surface area (Å²) in [5.74, 6) is 0. The Morgan fingerprint density at radius 1 is 0.867 bits per heavy atom. The smallest absolute Gasteiger partial charge is 0.0711 e. The molecule has 2 unspecified atom stereocenters. The van der Waals surface area contributed by atoms with Crippen molar-refractivity contribution in [3.8, 4) is 0 Å². The van der Waals surface area contributed by atoms with Crippen molar-refractivity contribution < 1.29 is 9.68 Å². The minimum Gasteiger partial charge on any atom is -0.274 e. The van der Waals surface area contributed by atoms with Gasteiger partial charge >= 0.3 is 0 Å². The summed E-state index contributed by atoms with van der Waals surface area (Å²) in [7, 11) is 5.45. The van der Waals surface area contributed by atoms with Gasteiger partial charge in [-0.1, -0.05) is 5.23 Å². The lowest BCUT2D eigenvalue weighted by Gasteiger charge is -2.19. The highest BCUT2D eigenvalue weighted by Crippen LogP contribution is 2.00. The number of hydrogen-bond donors (Lipinski definition) is 0. The topological polar surface area (TPSA) is 21.7 Å². The first-order valence-corrected chi connectivity index (χ1v) is 7.42. The van der Waals surface area contributed by atoms with Gasteiger partial charge in [-0.05, 0) is 44.9 Å². The van der Waals surface area contributed by atoms with Crippen molar-refractivity contribution in [2.75, 3.05) is 32.1 Å². The van der Waals surface area contributed by atoms with E-state index in [9.17, 15) is 0 Å². The maximum absolute atomic E-state index is 5.47. The van der Waals surface area contributed by atoms with Crippen LogP contribution in [0.15, 0.2) is 0 Å². The van der Waals surface area contributed by atoms with E-state index in [0.29, 0.717) is 0 Å². The summed E-state index contributed by atoms with van der Waals surface area (Å²) < 4.78 is 0. The Kier molecular flexibility index (Phi) is 13.4. The molecule has 0 bridgehead atoms. The van der Waals surface area contributed by atoms with Crippen molar-refractivity contribution in [1.82, 2.24) is 5.23 Å². The van der Waals surface area contributed by atoms with Crippen LogP contribution < -0.4 is 0 Å². The van der Waals surface area contributed by atoms with Gasteiger partial charge in [-0.15, -0.1) is 18.5 Å². The van der Waals surface area contributed by atoms with Gasteiger partial charge in [0, 0.05) is 6.54 Å². The van der Waals surface area contributed by atoms with Crippen LogP contribution in [-0.4, -0.2) is 37.3 Å². The summed E-state index contributed by atoms with van der Waals surface area (Å²) in [6.07, 6.45) is 6.85. The number of nitrogens with zero attached hydrogens (tertiary/aromatic N) is 1. The molecular formula is C10H25NO2P2. The maximum atomic E-state index is 5.47. The van der Waals surface area contributed by atoms with Crippen molar-refractivity contribution in [3.05, 3.63) is 0 Å². The molecule has 0 spiro atoms. The normalized spacial score (nSPS) is 11.2. The third-order valence-electron chi connectivity index (χ3n) is 1.93. The SMILES string of the molecule is CCN(OCCCCP)OCCCCP. The lowest BCUT2D eigenvalue weighted by Crippen LogP contribution is -2.25. The molecule has 0 aromatic heterocycles. The van der Waals surface area contributed by atoms with Crippen molar-refractivity contribution >= 4 is 18.5 Å². The van der Waals surface area contributed by atoms with E-state index in [-0.39, 0.29) is 0 Å². The Labute approximate surface area is 98.6 Å². The zero-order chi connectivity index (χ0) is 11.4. The Hall–Kier alpha value is 0.740. The Balaban J connectivity index is 3.29. The molecule has 2 atom stereocenters. The summed E-state index contributed by atoms with van der Waals surface area (Å²) in [6.45, 7) is 4.32. The summed E-state index contributed by atoms with van der Waals surface area (Å²) >= 11 is 0. The van der Waals surface area contributed by atoms with Crippen LogP contribution in [0.5, 0.6) is 0 Å². The lowest BCUT2D eigenvalue weighted by atomic mass is 10.4. The third kappa shape index (κ3) is 11.0. The number of rotatable bonds is 11. The van der Waals surface area contributed by atoms with Crippen LogP contribution in [0.3, 0.4) is 0 Å². The van der Waals surface area contributed by atoms with Gasteiger partial charge in [0.2, 0.25) is 0 Å². The van der Waals surface area contributed by atoms with Crippen molar-refractivity contribution in [1.29, 1.82) is 0 Å². The summed E-state index contributed by atoms with van der Waals surface area (Å²) in [4.78, 5) is 10.9. The minimum atomic E-state index is 0.756. The van der Waals surface area contributed by atoms with E-state index in [1.165, 1.54) is 12.8 Å². The molecule has 0 aromatic carbocycles. The Morgan fingerprint density at radius 3 is 1.67 bits per heavy atom. The molecule has 0 aromatic rings. The molecule has 0 fully saturated rings. The molecule has 0 amide bonds. The molecule has 0 aliphatic rings. The average molecular weight is 253 g/mol. The van der Waals surface area contributed by atoms with Crippen LogP contribution >= 0.6 is 18.5 Å². The van der Waals surface area contributed by atoms with E-state index >= 15 is 0 Å². The second-order valence-electron chi connectivity index (χ2n) is 3.31. The predicted molar refractivity (Wildman–Crippen MR) is 71.9 cm³/mol. The largest absolute Gasteiger partial charge is 0.274 e. The predicted octanol–water partition coefficient (Wildman–Crippen LogP) is 2.48. The summed E-state index contributed by atoms with van der Waals surface area (Å²) in [6, 6.07) is 0. The van der Waals surface area contributed by atoms with Crippen molar-refractivity contribution in [2.45, 2.75) is 32.6 Å². The molecule has 0 saturated carbocycles. The quantitative estimate of drug-likeness (QED) is 0.321. The average Bonchev–Trinajstić information content (AvgIpc) is 2.27. The summed E-state index contributed by atoms with van der Waals surface area (Å²) in [5, 5.41) is 1.60. The highest BCUT2D eigenvalue weighted by molar-refractivity contribution is 7.16. The zero-order valence-corrected chi connectivity index (χ0v) is 12.1. The van der Waals surface area contributed by atoms with Gasteiger partial charge in [-0.3, -0.25) is 9.68 Å². The van der Waals surface area contributed by atoms with E-state index in [4.69, 9.17) is 9.68 Å². The number of hydrogen-bond acceptors (Lipinski definition) is 3. The van der Waals surface area contributed by atoms with Crippen molar-refractivity contribution in [2.24, 2.45) is 0 Å². The van der Waals surface area contributed by atoms with Gasteiger partial charge < -0.3 is 0 Å². The summed E-state index contributed by atoms with van der Waals surface area (Å²) in [5.41, 5.74) is 0. The van der Waals surface area contributed by atoms with E-state index in [1.54, 1.807) is 5.23 Å². The fourth-order valence-electron chi connectivity index (χ4n) is 1.05. The fraction of sp³-hybridized carbons (Fsp3) is 1.00. The molecule has 5 heteroatoms. The van der Waals surface area contributed by atoms with E-state index < -0.39 is 0 Å². The second kappa shape index (κ2) is 12.8. The van der Waals surface area contributed by atoms with Crippen LogP contribution in [0.4, 0.5) is 0 Å². The van der Waals surface area contributed by atoms with E-state index in [2.05, 4.69) is 18.5 Å². The molecule has 0 saturated heterocycles. The fourth-order valence-corrected chi connectivity index (χ4v) is 1.62. The first-order valence-electron chi connectivity index (χ1n) is 5.78. The Bertz CT molecular complexity index is 116. The van der Waals surface area contributed by atoms with E-state index in [0.717, 1.165) is 44.9 Å². The first kappa shape index (κ1) is 15.7. The third-order valence-corrected chi connectivity index (χ3v) is 2.74. The van der Waals surface area contributed by atoms with Crippen LogP contribution in [0, 0.1) is 0 Å². The Morgan fingerprint density at radius 2 is 1.33 bits per heavy atom. The lowest BCUT2D eigenvalue weighted by molar-refractivity contribution is -0.366. The molecule has 0 aliphatic heterocycles. The number of unbranched alkanes of at least 4 members (excludes halogenated alkanes) is 2. The van der Waals surface area contributed by atoms with Crippen LogP contribution in [0.2, 0.25) is 0 Å². The molecule has 0 radical (unpaired) electrons. The molecule has 15 heavy (non-hydrogen) atoms.